The van der Waals surface area contributed by atoms with Gasteiger partial charge in [-0.2, -0.15) is 0 Å². The number of carbonyl (C=O) groups is 1. The third-order valence-corrected chi connectivity index (χ3v) is 5.75. The van der Waals surface area contributed by atoms with Gasteiger partial charge in [0.2, 0.25) is 0 Å². The summed E-state index contributed by atoms with van der Waals surface area (Å²) >= 11 is 0. The van der Waals surface area contributed by atoms with Crippen molar-refractivity contribution >= 4 is 15.7 Å². The van der Waals surface area contributed by atoms with Gasteiger partial charge in [0, 0.05) is 39.0 Å². The quantitative estimate of drug-likeness (QED) is 0.708. The molecule has 0 saturated carbocycles. The van der Waals surface area contributed by atoms with Crippen molar-refractivity contribution < 1.29 is 17.9 Å². The molecule has 1 aliphatic heterocycles. The van der Waals surface area contributed by atoms with Gasteiger partial charge in [-0.15, -0.1) is 0 Å². The van der Waals surface area contributed by atoms with E-state index in [4.69, 9.17) is 4.74 Å². The SMILES string of the molecule is CS(=O)(=O)CCN1CCN(C(=O)COc2ccc(-c3ccccc3)cc2)CC1. The van der Waals surface area contributed by atoms with Crippen molar-refractivity contribution in [2.24, 2.45) is 0 Å². The summed E-state index contributed by atoms with van der Waals surface area (Å²) in [5.74, 6) is 0.776. The third kappa shape index (κ3) is 6.07. The lowest BCUT2D eigenvalue weighted by molar-refractivity contribution is -0.135. The molecule has 0 aliphatic carbocycles. The summed E-state index contributed by atoms with van der Waals surface area (Å²) in [5.41, 5.74) is 2.24. The molecule has 0 N–H and O–H groups in total. The molecular weight excluding hydrogens is 376 g/mol. The second-order valence-corrected chi connectivity index (χ2v) is 9.29. The molecule has 1 amide bonds. The number of amides is 1. The van der Waals surface area contributed by atoms with Crippen LogP contribution in [0.15, 0.2) is 54.6 Å². The number of benzene rings is 2. The minimum Gasteiger partial charge on any atom is -0.484 e. The number of hydrogen-bond donors (Lipinski definition) is 0. The fourth-order valence-electron chi connectivity index (χ4n) is 3.13. The summed E-state index contributed by atoms with van der Waals surface area (Å²) in [6.07, 6.45) is 1.25. The van der Waals surface area contributed by atoms with Crippen LogP contribution in [-0.2, 0) is 14.6 Å². The van der Waals surface area contributed by atoms with Crippen molar-refractivity contribution in [3.63, 3.8) is 0 Å². The molecule has 150 valence electrons. The van der Waals surface area contributed by atoms with Gasteiger partial charge in [0.25, 0.3) is 5.91 Å². The maximum atomic E-state index is 12.4. The van der Waals surface area contributed by atoms with Gasteiger partial charge < -0.3 is 9.64 Å². The van der Waals surface area contributed by atoms with E-state index in [9.17, 15) is 13.2 Å². The van der Waals surface area contributed by atoms with E-state index in [1.165, 1.54) is 6.26 Å². The standard InChI is InChI=1S/C21H26N2O4S/c1-28(25,26)16-15-22-11-13-23(14-12-22)21(24)17-27-20-9-7-19(8-10-20)18-5-3-2-4-6-18/h2-10H,11-17H2,1H3. The molecular formula is C21H26N2O4S. The van der Waals surface area contributed by atoms with Gasteiger partial charge in [0.1, 0.15) is 15.6 Å². The Hall–Kier alpha value is -2.38. The molecule has 1 heterocycles. The van der Waals surface area contributed by atoms with Crippen molar-refractivity contribution in [3.8, 4) is 16.9 Å². The van der Waals surface area contributed by atoms with Crippen LogP contribution in [0.4, 0.5) is 0 Å². The van der Waals surface area contributed by atoms with E-state index in [-0.39, 0.29) is 18.3 Å². The largest absolute Gasteiger partial charge is 0.484 e. The molecule has 3 rings (SSSR count). The molecule has 1 fully saturated rings. The topological polar surface area (TPSA) is 66.9 Å². The summed E-state index contributed by atoms with van der Waals surface area (Å²) in [5, 5.41) is 0. The van der Waals surface area contributed by atoms with E-state index in [2.05, 4.69) is 17.0 Å². The average molecular weight is 403 g/mol. The van der Waals surface area contributed by atoms with Crippen molar-refractivity contribution in [2.75, 3.05) is 51.3 Å². The third-order valence-electron chi connectivity index (χ3n) is 4.83. The van der Waals surface area contributed by atoms with Crippen molar-refractivity contribution in [2.45, 2.75) is 0 Å². The highest BCUT2D eigenvalue weighted by molar-refractivity contribution is 7.90. The van der Waals surface area contributed by atoms with Crippen LogP contribution in [-0.4, -0.2) is 75.5 Å². The highest BCUT2D eigenvalue weighted by Crippen LogP contribution is 2.22. The Balaban J connectivity index is 1.43. The van der Waals surface area contributed by atoms with Gasteiger partial charge >= 0.3 is 0 Å². The minimum atomic E-state index is -2.96. The number of carbonyl (C=O) groups excluding carboxylic acids is 1. The molecule has 1 saturated heterocycles. The van der Waals surface area contributed by atoms with Crippen molar-refractivity contribution in [1.29, 1.82) is 0 Å². The van der Waals surface area contributed by atoms with Crippen LogP contribution in [0.1, 0.15) is 0 Å². The monoisotopic (exact) mass is 402 g/mol. The van der Waals surface area contributed by atoms with Gasteiger partial charge in [-0.05, 0) is 23.3 Å². The first-order valence-electron chi connectivity index (χ1n) is 9.37. The summed E-state index contributed by atoms with van der Waals surface area (Å²) in [6.45, 7) is 3.09. The highest BCUT2D eigenvalue weighted by Gasteiger charge is 2.21. The molecule has 2 aromatic rings. The Bertz CT molecular complexity index is 874. The molecule has 0 unspecified atom stereocenters. The van der Waals surface area contributed by atoms with Crippen LogP contribution in [0.5, 0.6) is 5.75 Å². The van der Waals surface area contributed by atoms with E-state index in [1.54, 1.807) is 4.90 Å². The molecule has 0 aromatic heterocycles. The van der Waals surface area contributed by atoms with Crippen LogP contribution in [0, 0.1) is 0 Å². The molecule has 0 atom stereocenters. The Kier molecular flexibility index (Phi) is 6.70. The number of piperazine rings is 1. The van der Waals surface area contributed by atoms with Crippen LogP contribution in [0.2, 0.25) is 0 Å². The normalized spacial score (nSPS) is 15.4. The lowest BCUT2D eigenvalue weighted by Crippen LogP contribution is -2.50. The smallest absolute Gasteiger partial charge is 0.260 e. The van der Waals surface area contributed by atoms with Gasteiger partial charge in [0.05, 0.1) is 5.75 Å². The van der Waals surface area contributed by atoms with Gasteiger partial charge in [0.15, 0.2) is 6.61 Å². The number of nitrogens with zero attached hydrogens (tertiary/aromatic N) is 2. The molecule has 7 heteroatoms. The summed E-state index contributed by atoms with van der Waals surface area (Å²) in [6, 6.07) is 17.8. The summed E-state index contributed by atoms with van der Waals surface area (Å²) in [4.78, 5) is 16.2. The maximum Gasteiger partial charge on any atom is 0.260 e. The first-order chi connectivity index (χ1) is 13.4. The number of ether oxygens (including phenoxy) is 1. The van der Waals surface area contributed by atoms with Crippen LogP contribution in [0.25, 0.3) is 11.1 Å². The first-order valence-corrected chi connectivity index (χ1v) is 11.4. The second kappa shape index (κ2) is 9.21. The minimum absolute atomic E-state index is 0.00796. The summed E-state index contributed by atoms with van der Waals surface area (Å²) < 4.78 is 28.2. The van der Waals surface area contributed by atoms with E-state index < -0.39 is 9.84 Å². The number of sulfone groups is 1. The Morgan fingerprint density at radius 1 is 0.929 bits per heavy atom. The van der Waals surface area contributed by atoms with E-state index in [1.807, 2.05) is 42.5 Å². The predicted octanol–water partition coefficient (Wildman–Crippen LogP) is 1.92. The number of rotatable bonds is 7. The van der Waals surface area contributed by atoms with Crippen LogP contribution in [0.3, 0.4) is 0 Å². The van der Waals surface area contributed by atoms with Gasteiger partial charge in [-0.3, -0.25) is 9.69 Å². The van der Waals surface area contributed by atoms with Crippen LogP contribution >= 0.6 is 0 Å². The van der Waals surface area contributed by atoms with Gasteiger partial charge in [-0.1, -0.05) is 42.5 Å². The van der Waals surface area contributed by atoms with Crippen molar-refractivity contribution in [3.05, 3.63) is 54.6 Å². The Labute approximate surface area is 166 Å². The van der Waals surface area contributed by atoms with Gasteiger partial charge in [-0.25, -0.2) is 8.42 Å². The Morgan fingerprint density at radius 2 is 1.54 bits per heavy atom. The zero-order chi connectivity index (χ0) is 20.0. The van der Waals surface area contributed by atoms with E-state index >= 15 is 0 Å². The molecule has 0 spiro atoms. The van der Waals surface area contributed by atoms with Crippen LogP contribution < -0.4 is 4.74 Å². The lowest BCUT2D eigenvalue weighted by Gasteiger charge is -2.34. The first kappa shape index (κ1) is 20.4. The average Bonchev–Trinajstić information content (AvgIpc) is 2.71. The Morgan fingerprint density at radius 3 is 2.14 bits per heavy atom. The molecule has 0 radical (unpaired) electrons. The molecule has 6 nitrogen and oxygen atoms in total. The fraction of sp³-hybridized carbons (Fsp3) is 0.381. The summed E-state index contributed by atoms with van der Waals surface area (Å²) in [7, 11) is -2.96. The van der Waals surface area contributed by atoms with E-state index in [0.717, 1.165) is 11.1 Å². The molecule has 28 heavy (non-hydrogen) atoms. The van der Waals surface area contributed by atoms with E-state index in [0.29, 0.717) is 38.5 Å². The zero-order valence-corrected chi connectivity index (χ0v) is 16.9. The second-order valence-electron chi connectivity index (χ2n) is 7.03. The molecule has 2 aromatic carbocycles. The highest BCUT2D eigenvalue weighted by atomic mass is 32.2. The predicted molar refractivity (Wildman–Crippen MR) is 110 cm³/mol. The maximum absolute atomic E-state index is 12.4. The molecule has 1 aliphatic rings. The van der Waals surface area contributed by atoms with Crippen molar-refractivity contribution in [1.82, 2.24) is 9.80 Å². The molecule has 0 bridgehead atoms. The zero-order valence-electron chi connectivity index (χ0n) is 16.1. The number of hydrogen-bond acceptors (Lipinski definition) is 5. The lowest BCUT2D eigenvalue weighted by atomic mass is 10.1. The fourth-order valence-corrected chi connectivity index (χ4v) is 3.72.